The molecule has 86 valence electrons. The van der Waals surface area contributed by atoms with Gasteiger partial charge in [-0.25, -0.2) is 0 Å². The van der Waals surface area contributed by atoms with E-state index in [-0.39, 0.29) is 10.7 Å². The van der Waals surface area contributed by atoms with E-state index in [0.717, 1.165) is 24.9 Å². The Morgan fingerprint density at radius 1 is 1.27 bits per heavy atom. The van der Waals surface area contributed by atoms with Gasteiger partial charge in [0.25, 0.3) is 0 Å². The zero-order valence-corrected chi connectivity index (χ0v) is 11.0. The van der Waals surface area contributed by atoms with Crippen molar-refractivity contribution in [1.29, 1.82) is 0 Å². The first-order chi connectivity index (χ1) is 7.18. The number of hydrogen-bond donors (Lipinski definition) is 0. The average Bonchev–Trinajstić information content (AvgIpc) is 2.27. The lowest BCUT2D eigenvalue weighted by molar-refractivity contribution is -0.133. The van der Waals surface area contributed by atoms with Crippen molar-refractivity contribution < 1.29 is 4.79 Å². The van der Waals surface area contributed by atoms with Gasteiger partial charge < -0.3 is 4.90 Å². The third-order valence-corrected chi connectivity index (χ3v) is 4.33. The maximum atomic E-state index is 11.9. The summed E-state index contributed by atoms with van der Waals surface area (Å²) in [5, 5.41) is 0. The lowest BCUT2D eigenvalue weighted by Gasteiger charge is -2.41. The van der Waals surface area contributed by atoms with Crippen molar-refractivity contribution in [3.63, 3.8) is 0 Å². The fourth-order valence-electron chi connectivity index (χ4n) is 3.05. The molecule has 1 saturated heterocycles. The lowest BCUT2D eigenvalue weighted by Crippen LogP contribution is -2.46. The predicted octanol–water partition coefficient (Wildman–Crippen LogP) is 2.81. The van der Waals surface area contributed by atoms with Crippen molar-refractivity contribution in [2.75, 3.05) is 13.1 Å². The van der Waals surface area contributed by atoms with E-state index < -0.39 is 0 Å². The van der Waals surface area contributed by atoms with Crippen molar-refractivity contribution >= 4 is 21.8 Å². The minimum absolute atomic E-state index is 0.0161. The van der Waals surface area contributed by atoms with E-state index in [2.05, 4.69) is 20.8 Å². The van der Waals surface area contributed by atoms with Gasteiger partial charge in [0, 0.05) is 13.1 Å². The number of carbonyl (C=O) groups excluding carboxylic acids is 1. The van der Waals surface area contributed by atoms with E-state index in [1.54, 1.807) is 0 Å². The molecule has 0 aromatic carbocycles. The fourth-order valence-corrected chi connectivity index (χ4v) is 3.34. The Morgan fingerprint density at radius 2 is 1.93 bits per heavy atom. The molecule has 1 amide bonds. The number of fused-ring (bicyclic) bond motifs is 1. The first-order valence-electron chi connectivity index (χ1n) is 6.11. The number of halogens is 1. The van der Waals surface area contributed by atoms with Crippen molar-refractivity contribution in [3.05, 3.63) is 0 Å². The molecule has 0 aromatic rings. The van der Waals surface area contributed by atoms with Gasteiger partial charge >= 0.3 is 0 Å². The summed E-state index contributed by atoms with van der Waals surface area (Å²) in [5.41, 5.74) is 0. The van der Waals surface area contributed by atoms with Gasteiger partial charge in [-0.15, -0.1) is 0 Å². The first kappa shape index (κ1) is 11.4. The number of rotatable bonds is 1. The molecule has 1 aliphatic carbocycles. The van der Waals surface area contributed by atoms with Gasteiger partial charge in [-0.3, -0.25) is 4.79 Å². The Labute approximate surface area is 101 Å². The number of carbonyl (C=O) groups is 1. The Morgan fingerprint density at radius 3 is 2.60 bits per heavy atom. The summed E-state index contributed by atoms with van der Waals surface area (Å²) in [6.45, 7) is 3.92. The monoisotopic (exact) mass is 273 g/mol. The summed E-state index contributed by atoms with van der Waals surface area (Å²) in [7, 11) is 0. The quantitative estimate of drug-likeness (QED) is 0.673. The molecule has 1 aliphatic heterocycles. The minimum atomic E-state index is -0.0161. The zero-order valence-electron chi connectivity index (χ0n) is 9.42. The van der Waals surface area contributed by atoms with Crippen molar-refractivity contribution in [1.82, 2.24) is 4.90 Å². The summed E-state index contributed by atoms with van der Waals surface area (Å²) in [6.07, 6.45) is 6.74. The molecule has 3 atom stereocenters. The van der Waals surface area contributed by atoms with Gasteiger partial charge in [-0.2, -0.15) is 0 Å². The molecule has 3 unspecified atom stereocenters. The SMILES string of the molecule is CC(Br)C(=O)N1CCC2CCCCC2C1. The maximum Gasteiger partial charge on any atom is 0.236 e. The summed E-state index contributed by atoms with van der Waals surface area (Å²) in [5.74, 6) is 1.98. The second-order valence-corrected chi connectivity index (χ2v) is 6.37. The third kappa shape index (κ3) is 2.55. The molecule has 15 heavy (non-hydrogen) atoms. The molecule has 0 spiro atoms. The zero-order chi connectivity index (χ0) is 10.8. The van der Waals surface area contributed by atoms with Crippen LogP contribution >= 0.6 is 15.9 Å². The minimum Gasteiger partial charge on any atom is -0.341 e. The van der Waals surface area contributed by atoms with Gasteiger partial charge in [-0.05, 0) is 31.6 Å². The standard InChI is InChI=1S/C12H20BrNO/c1-9(13)12(15)14-7-6-10-4-2-3-5-11(10)8-14/h9-11H,2-8H2,1H3. The van der Waals surface area contributed by atoms with Gasteiger partial charge in [-0.1, -0.05) is 35.2 Å². The van der Waals surface area contributed by atoms with Crippen LogP contribution in [0.4, 0.5) is 0 Å². The molecule has 1 saturated carbocycles. The maximum absolute atomic E-state index is 11.9. The molecule has 0 bridgehead atoms. The number of alkyl halides is 1. The second kappa shape index (κ2) is 4.86. The van der Waals surface area contributed by atoms with Crippen LogP contribution in [0, 0.1) is 11.8 Å². The molecule has 2 rings (SSSR count). The normalized spacial score (nSPS) is 33.3. The number of amides is 1. The van der Waals surface area contributed by atoms with E-state index >= 15 is 0 Å². The van der Waals surface area contributed by atoms with Crippen molar-refractivity contribution in [2.24, 2.45) is 11.8 Å². The highest BCUT2D eigenvalue weighted by Crippen LogP contribution is 2.36. The van der Waals surface area contributed by atoms with E-state index in [1.165, 1.54) is 32.1 Å². The Bertz CT molecular complexity index is 242. The van der Waals surface area contributed by atoms with Crippen LogP contribution in [0.25, 0.3) is 0 Å². The number of nitrogens with zero attached hydrogens (tertiary/aromatic N) is 1. The van der Waals surface area contributed by atoms with Crippen molar-refractivity contribution in [2.45, 2.75) is 43.9 Å². The topological polar surface area (TPSA) is 20.3 Å². The van der Waals surface area contributed by atoms with E-state index in [4.69, 9.17) is 0 Å². The molecule has 0 radical (unpaired) electrons. The molecule has 0 N–H and O–H groups in total. The Balaban J connectivity index is 1.93. The largest absolute Gasteiger partial charge is 0.341 e. The molecule has 2 aliphatic rings. The van der Waals surface area contributed by atoms with Gasteiger partial charge in [0.05, 0.1) is 4.83 Å². The molecule has 1 heterocycles. The smallest absolute Gasteiger partial charge is 0.236 e. The third-order valence-electron chi connectivity index (χ3n) is 3.94. The molecule has 0 aromatic heterocycles. The molecule has 3 heteroatoms. The molecule has 2 fully saturated rings. The van der Waals surface area contributed by atoms with Crippen LogP contribution in [-0.4, -0.2) is 28.7 Å². The van der Waals surface area contributed by atoms with Gasteiger partial charge in [0.15, 0.2) is 0 Å². The highest BCUT2D eigenvalue weighted by Gasteiger charge is 2.33. The summed E-state index contributed by atoms with van der Waals surface area (Å²) in [4.78, 5) is 13.9. The van der Waals surface area contributed by atoms with Crippen LogP contribution in [0.2, 0.25) is 0 Å². The fraction of sp³-hybridized carbons (Fsp3) is 0.917. The van der Waals surface area contributed by atoms with Crippen LogP contribution in [0.5, 0.6) is 0 Å². The number of piperidine rings is 1. The van der Waals surface area contributed by atoms with Crippen LogP contribution < -0.4 is 0 Å². The predicted molar refractivity (Wildman–Crippen MR) is 65.0 cm³/mol. The summed E-state index contributed by atoms with van der Waals surface area (Å²) in [6, 6.07) is 0. The lowest BCUT2D eigenvalue weighted by atomic mass is 9.75. The van der Waals surface area contributed by atoms with Crippen molar-refractivity contribution in [3.8, 4) is 0 Å². The van der Waals surface area contributed by atoms with Gasteiger partial charge in [0.1, 0.15) is 0 Å². The van der Waals surface area contributed by atoms with Crippen LogP contribution in [0.15, 0.2) is 0 Å². The molecule has 2 nitrogen and oxygen atoms in total. The number of hydrogen-bond acceptors (Lipinski definition) is 1. The second-order valence-electron chi connectivity index (χ2n) is 4.99. The van der Waals surface area contributed by atoms with E-state index in [1.807, 2.05) is 6.92 Å². The highest BCUT2D eigenvalue weighted by atomic mass is 79.9. The number of likely N-dealkylation sites (tertiary alicyclic amines) is 1. The van der Waals surface area contributed by atoms with E-state index in [0.29, 0.717) is 0 Å². The first-order valence-corrected chi connectivity index (χ1v) is 7.03. The Kier molecular flexibility index (Phi) is 3.70. The summed E-state index contributed by atoms with van der Waals surface area (Å²) >= 11 is 3.37. The van der Waals surface area contributed by atoms with Gasteiger partial charge in [0.2, 0.25) is 5.91 Å². The Hall–Kier alpha value is -0.0500. The van der Waals surface area contributed by atoms with Crippen LogP contribution in [0.1, 0.15) is 39.0 Å². The average molecular weight is 274 g/mol. The van der Waals surface area contributed by atoms with Crippen LogP contribution in [0.3, 0.4) is 0 Å². The van der Waals surface area contributed by atoms with Crippen LogP contribution in [-0.2, 0) is 4.79 Å². The molecular formula is C12H20BrNO. The summed E-state index contributed by atoms with van der Waals surface area (Å²) < 4.78 is 0. The highest BCUT2D eigenvalue weighted by molar-refractivity contribution is 9.10. The van der Waals surface area contributed by atoms with E-state index in [9.17, 15) is 4.79 Å². The molecular weight excluding hydrogens is 254 g/mol.